The molecule has 0 unspecified atom stereocenters. The van der Waals surface area contributed by atoms with Gasteiger partial charge in [0.05, 0.1) is 0 Å². The Morgan fingerprint density at radius 1 is 1.23 bits per heavy atom. The fourth-order valence-corrected chi connectivity index (χ4v) is 3.23. The maximum absolute atomic E-state index is 5.71. The lowest BCUT2D eigenvalue weighted by molar-refractivity contribution is 0.442. The Bertz CT molecular complexity index is 261. The second-order valence-electron chi connectivity index (χ2n) is 3.89. The molecule has 0 aliphatic heterocycles. The van der Waals surface area contributed by atoms with E-state index in [1.165, 1.54) is 37.7 Å². The Balaban J connectivity index is 2.13. The third-order valence-corrected chi connectivity index (χ3v) is 3.85. The van der Waals surface area contributed by atoms with E-state index >= 15 is 0 Å². The van der Waals surface area contributed by atoms with Gasteiger partial charge in [0.15, 0.2) is 0 Å². The summed E-state index contributed by atoms with van der Waals surface area (Å²) in [6.07, 6.45) is 7.00. The summed E-state index contributed by atoms with van der Waals surface area (Å²) in [7, 11) is 0. The first-order valence-electron chi connectivity index (χ1n) is 5.17. The van der Waals surface area contributed by atoms with Gasteiger partial charge < -0.3 is 5.73 Å². The number of nitrogens with two attached hydrogens (primary N) is 1. The molecule has 72 valence electrons. The van der Waals surface area contributed by atoms with E-state index in [4.69, 9.17) is 5.73 Å². The topological polar surface area (TPSA) is 26.0 Å². The normalized spacial score (nSPS) is 19.2. The van der Waals surface area contributed by atoms with Gasteiger partial charge in [-0.2, -0.15) is 11.3 Å². The van der Waals surface area contributed by atoms with E-state index in [0.29, 0.717) is 0 Å². The summed E-state index contributed by atoms with van der Waals surface area (Å²) in [5.74, 6) is 0.818. The molecule has 0 bridgehead atoms. The highest BCUT2D eigenvalue weighted by Gasteiger charge is 2.18. The smallest absolute Gasteiger partial charge is 0.0189 e. The van der Waals surface area contributed by atoms with E-state index < -0.39 is 0 Å². The van der Waals surface area contributed by atoms with Crippen molar-refractivity contribution in [2.24, 2.45) is 5.73 Å². The van der Waals surface area contributed by atoms with Crippen LogP contribution in [0, 0.1) is 0 Å². The first-order valence-corrected chi connectivity index (χ1v) is 6.11. The number of hydrogen-bond acceptors (Lipinski definition) is 2. The molecule has 1 aromatic rings. The Morgan fingerprint density at radius 2 is 2.00 bits per heavy atom. The molecule has 1 saturated carbocycles. The lowest BCUT2D eigenvalue weighted by Crippen LogP contribution is -2.07. The third-order valence-electron chi connectivity index (χ3n) is 3.04. The molecule has 0 aromatic carbocycles. The van der Waals surface area contributed by atoms with Crippen LogP contribution in [0.3, 0.4) is 0 Å². The second kappa shape index (κ2) is 4.25. The molecule has 1 nitrogen and oxygen atoms in total. The first-order chi connectivity index (χ1) is 6.42. The number of hydrogen-bond donors (Lipinski definition) is 1. The predicted molar refractivity (Wildman–Crippen MR) is 58.0 cm³/mol. The van der Waals surface area contributed by atoms with Crippen molar-refractivity contribution in [1.29, 1.82) is 0 Å². The zero-order valence-corrected chi connectivity index (χ0v) is 8.78. The zero-order valence-electron chi connectivity index (χ0n) is 7.96. The molecule has 13 heavy (non-hydrogen) atoms. The maximum atomic E-state index is 5.71. The average molecular weight is 195 g/mol. The van der Waals surface area contributed by atoms with Crippen LogP contribution in [-0.2, 0) is 6.54 Å². The van der Waals surface area contributed by atoms with Crippen molar-refractivity contribution < 1.29 is 0 Å². The van der Waals surface area contributed by atoms with Crippen LogP contribution in [0.25, 0.3) is 0 Å². The van der Waals surface area contributed by atoms with Crippen molar-refractivity contribution in [2.75, 3.05) is 0 Å². The van der Waals surface area contributed by atoms with Crippen molar-refractivity contribution in [1.82, 2.24) is 0 Å². The summed E-state index contributed by atoms with van der Waals surface area (Å²) in [4.78, 5) is 0. The highest BCUT2D eigenvalue weighted by atomic mass is 32.1. The van der Waals surface area contributed by atoms with Crippen LogP contribution in [0.1, 0.15) is 49.1 Å². The molecular weight excluding hydrogens is 178 g/mol. The fraction of sp³-hybridized carbons (Fsp3) is 0.636. The highest BCUT2D eigenvalue weighted by molar-refractivity contribution is 7.08. The van der Waals surface area contributed by atoms with Crippen molar-refractivity contribution >= 4 is 11.3 Å². The van der Waals surface area contributed by atoms with E-state index in [2.05, 4.69) is 10.8 Å². The Hall–Kier alpha value is -0.340. The van der Waals surface area contributed by atoms with Crippen molar-refractivity contribution in [3.63, 3.8) is 0 Å². The van der Waals surface area contributed by atoms with Crippen LogP contribution >= 0.6 is 11.3 Å². The van der Waals surface area contributed by atoms with Crippen LogP contribution in [0.4, 0.5) is 0 Å². The van der Waals surface area contributed by atoms with Crippen LogP contribution in [0.2, 0.25) is 0 Å². The summed E-state index contributed by atoms with van der Waals surface area (Å²) in [5.41, 5.74) is 8.64. The van der Waals surface area contributed by atoms with Gasteiger partial charge in [-0.15, -0.1) is 0 Å². The Labute approximate surface area is 84.0 Å². The standard InChI is InChI=1S/C11H17NS/c12-6-10-7-13-8-11(10)9-4-2-1-3-5-9/h7-9H,1-6,12H2. The van der Waals surface area contributed by atoms with E-state index in [1.54, 1.807) is 16.9 Å². The van der Waals surface area contributed by atoms with Gasteiger partial charge in [0.2, 0.25) is 0 Å². The van der Waals surface area contributed by atoms with Crippen molar-refractivity contribution in [3.05, 3.63) is 21.9 Å². The van der Waals surface area contributed by atoms with Gasteiger partial charge in [-0.05, 0) is 40.6 Å². The molecule has 1 aliphatic carbocycles. The fourth-order valence-electron chi connectivity index (χ4n) is 2.27. The molecule has 1 aromatic heterocycles. The highest BCUT2D eigenvalue weighted by Crippen LogP contribution is 2.35. The SMILES string of the molecule is NCc1cscc1C1CCCCC1. The van der Waals surface area contributed by atoms with Gasteiger partial charge in [0.25, 0.3) is 0 Å². The molecule has 0 saturated heterocycles. The van der Waals surface area contributed by atoms with Gasteiger partial charge in [0.1, 0.15) is 0 Å². The van der Waals surface area contributed by atoms with Gasteiger partial charge in [-0.25, -0.2) is 0 Å². The minimum atomic E-state index is 0.718. The van der Waals surface area contributed by atoms with Crippen LogP contribution in [0.15, 0.2) is 10.8 Å². The molecular formula is C11H17NS. The molecule has 1 heterocycles. The maximum Gasteiger partial charge on any atom is 0.0189 e. The molecule has 2 rings (SSSR count). The summed E-state index contributed by atoms with van der Waals surface area (Å²) >= 11 is 1.80. The minimum absolute atomic E-state index is 0.718. The average Bonchev–Trinajstić information content (AvgIpc) is 2.67. The van der Waals surface area contributed by atoms with E-state index in [9.17, 15) is 0 Å². The molecule has 0 amide bonds. The molecule has 0 radical (unpaired) electrons. The van der Waals surface area contributed by atoms with E-state index in [-0.39, 0.29) is 0 Å². The second-order valence-corrected chi connectivity index (χ2v) is 4.63. The van der Waals surface area contributed by atoms with Crippen LogP contribution < -0.4 is 5.73 Å². The number of thiophene rings is 1. The van der Waals surface area contributed by atoms with E-state index in [0.717, 1.165) is 12.5 Å². The monoisotopic (exact) mass is 195 g/mol. The molecule has 2 N–H and O–H groups in total. The lowest BCUT2D eigenvalue weighted by Gasteiger charge is -2.21. The molecule has 2 heteroatoms. The number of rotatable bonds is 2. The van der Waals surface area contributed by atoms with Crippen molar-refractivity contribution in [2.45, 2.75) is 44.6 Å². The van der Waals surface area contributed by atoms with Gasteiger partial charge in [-0.1, -0.05) is 19.3 Å². The van der Waals surface area contributed by atoms with Crippen molar-refractivity contribution in [3.8, 4) is 0 Å². The summed E-state index contributed by atoms with van der Waals surface area (Å²) < 4.78 is 0. The molecule has 0 spiro atoms. The predicted octanol–water partition coefficient (Wildman–Crippen LogP) is 3.25. The molecule has 1 fully saturated rings. The summed E-state index contributed by atoms with van der Waals surface area (Å²) in [5, 5.41) is 4.52. The van der Waals surface area contributed by atoms with Gasteiger partial charge in [-0.3, -0.25) is 0 Å². The Morgan fingerprint density at radius 3 is 2.69 bits per heavy atom. The zero-order chi connectivity index (χ0) is 9.10. The Kier molecular flexibility index (Phi) is 3.01. The summed E-state index contributed by atoms with van der Waals surface area (Å²) in [6.45, 7) is 0.718. The lowest BCUT2D eigenvalue weighted by atomic mass is 9.84. The molecule has 0 atom stereocenters. The first kappa shape index (κ1) is 9.22. The quantitative estimate of drug-likeness (QED) is 0.770. The largest absolute Gasteiger partial charge is 0.326 e. The van der Waals surface area contributed by atoms with Gasteiger partial charge in [0, 0.05) is 6.54 Å². The van der Waals surface area contributed by atoms with Crippen LogP contribution in [0.5, 0.6) is 0 Å². The van der Waals surface area contributed by atoms with Crippen LogP contribution in [-0.4, -0.2) is 0 Å². The van der Waals surface area contributed by atoms with Gasteiger partial charge >= 0.3 is 0 Å². The molecule has 1 aliphatic rings. The third kappa shape index (κ3) is 1.94. The summed E-state index contributed by atoms with van der Waals surface area (Å²) in [6, 6.07) is 0. The minimum Gasteiger partial charge on any atom is -0.326 e. The van der Waals surface area contributed by atoms with E-state index in [1.807, 2.05) is 0 Å².